The van der Waals surface area contributed by atoms with E-state index in [0.717, 1.165) is 5.92 Å². The van der Waals surface area contributed by atoms with Crippen LogP contribution in [0.2, 0.25) is 0 Å². The molecule has 13 heavy (non-hydrogen) atoms. The monoisotopic (exact) mass is 180 g/mol. The second-order valence-corrected chi connectivity index (χ2v) is 4.24. The van der Waals surface area contributed by atoms with Crippen molar-refractivity contribution in [2.75, 3.05) is 6.61 Å². The SMILES string of the molecule is CC(=O)OCC12C=CCC1CCC2. The fraction of sp³-hybridized carbons (Fsp3) is 0.727. The zero-order chi connectivity index (χ0) is 9.31. The number of esters is 1. The summed E-state index contributed by atoms with van der Waals surface area (Å²) in [7, 11) is 0. The third-order valence-corrected chi connectivity index (χ3v) is 3.42. The number of carbonyl (C=O) groups excluding carboxylic acids is 1. The van der Waals surface area contributed by atoms with Crippen molar-refractivity contribution in [2.24, 2.45) is 11.3 Å². The Morgan fingerprint density at radius 2 is 2.54 bits per heavy atom. The Labute approximate surface area is 79.0 Å². The van der Waals surface area contributed by atoms with Crippen molar-refractivity contribution >= 4 is 5.97 Å². The smallest absolute Gasteiger partial charge is 0.302 e. The van der Waals surface area contributed by atoms with E-state index in [2.05, 4.69) is 12.2 Å². The third kappa shape index (κ3) is 1.50. The lowest BCUT2D eigenvalue weighted by atomic mass is 9.82. The van der Waals surface area contributed by atoms with Crippen LogP contribution in [-0.4, -0.2) is 12.6 Å². The molecule has 2 heteroatoms. The summed E-state index contributed by atoms with van der Waals surface area (Å²) >= 11 is 0. The molecule has 0 aliphatic heterocycles. The van der Waals surface area contributed by atoms with Crippen molar-refractivity contribution in [1.82, 2.24) is 0 Å². The summed E-state index contributed by atoms with van der Waals surface area (Å²) in [4.78, 5) is 10.7. The van der Waals surface area contributed by atoms with Gasteiger partial charge < -0.3 is 4.74 Å². The van der Waals surface area contributed by atoms with Gasteiger partial charge >= 0.3 is 5.97 Å². The number of hydrogen-bond donors (Lipinski definition) is 0. The maximum atomic E-state index is 10.7. The van der Waals surface area contributed by atoms with Gasteiger partial charge in [-0.3, -0.25) is 4.79 Å². The first-order valence-corrected chi connectivity index (χ1v) is 5.04. The summed E-state index contributed by atoms with van der Waals surface area (Å²) in [6.45, 7) is 2.09. The van der Waals surface area contributed by atoms with Crippen LogP contribution in [0.15, 0.2) is 12.2 Å². The lowest BCUT2D eigenvalue weighted by Gasteiger charge is -2.27. The number of ether oxygens (including phenoxy) is 1. The van der Waals surface area contributed by atoms with Gasteiger partial charge in [-0.25, -0.2) is 0 Å². The van der Waals surface area contributed by atoms with Crippen LogP contribution in [0.4, 0.5) is 0 Å². The van der Waals surface area contributed by atoms with Crippen LogP contribution in [0, 0.1) is 11.3 Å². The summed E-state index contributed by atoms with van der Waals surface area (Å²) < 4.78 is 5.14. The molecule has 0 radical (unpaired) electrons. The Morgan fingerprint density at radius 1 is 1.69 bits per heavy atom. The molecule has 2 aliphatic carbocycles. The second kappa shape index (κ2) is 3.17. The molecular formula is C11H16O2. The largest absolute Gasteiger partial charge is 0.465 e. The van der Waals surface area contributed by atoms with Gasteiger partial charge in [-0.15, -0.1) is 0 Å². The third-order valence-electron chi connectivity index (χ3n) is 3.42. The van der Waals surface area contributed by atoms with Crippen molar-refractivity contribution in [3.8, 4) is 0 Å². The standard InChI is InChI=1S/C11H16O2/c1-9(12)13-8-11-6-2-4-10(11)5-3-7-11/h2,6,10H,3-5,7-8H2,1H3. The van der Waals surface area contributed by atoms with E-state index in [9.17, 15) is 4.79 Å². The van der Waals surface area contributed by atoms with Crippen molar-refractivity contribution in [2.45, 2.75) is 32.6 Å². The van der Waals surface area contributed by atoms with E-state index in [1.807, 2.05) is 0 Å². The van der Waals surface area contributed by atoms with Crippen LogP contribution in [0.25, 0.3) is 0 Å². The van der Waals surface area contributed by atoms with Gasteiger partial charge in [0, 0.05) is 12.3 Å². The molecule has 0 spiro atoms. The molecule has 0 amide bonds. The molecular weight excluding hydrogens is 164 g/mol. The molecule has 2 atom stereocenters. The van der Waals surface area contributed by atoms with Gasteiger partial charge in [0.25, 0.3) is 0 Å². The van der Waals surface area contributed by atoms with Gasteiger partial charge in [-0.05, 0) is 25.2 Å². The number of rotatable bonds is 2. The summed E-state index contributed by atoms with van der Waals surface area (Å²) in [5.74, 6) is 0.590. The molecule has 2 rings (SSSR count). The zero-order valence-electron chi connectivity index (χ0n) is 8.08. The van der Waals surface area contributed by atoms with E-state index in [0.29, 0.717) is 6.61 Å². The van der Waals surface area contributed by atoms with Gasteiger partial charge in [-0.1, -0.05) is 18.6 Å². The first-order valence-electron chi connectivity index (χ1n) is 5.04. The Hall–Kier alpha value is -0.790. The Bertz CT molecular complexity index is 244. The zero-order valence-corrected chi connectivity index (χ0v) is 8.08. The van der Waals surface area contributed by atoms with E-state index >= 15 is 0 Å². The summed E-state index contributed by atoms with van der Waals surface area (Å²) in [6, 6.07) is 0. The van der Waals surface area contributed by atoms with Gasteiger partial charge in [-0.2, -0.15) is 0 Å². The first kappa shape index (κ1) is 8.79. The quantitative estimate of drug-likeness (QED) is 0.481. The van der Waals surface area contributed by atoms with Crippen LogP contribution >= 0.6 is 0 Å². The molecule has 0 bridgehead atoms. The van der Waals surface area contributed by atoms with E-state index in [1.54, 1.807) is 0 Å². The average molecular weight is 180 g/mol. The van der Waals surface area contributed by atoms with E-state index in [1.165, 1.54) is 32.6 Å². The number of fused-ring (bicyclic) bond motifs is 1. The van der Waals surface area contributed by atoms with Gasteiger partial charge in [0.05, 0.1) is 0 Å². The van der Waals surface area contributed by atoms with Crippen molar-refractivity contribution < 1.29 is 9.53 Å². The van der Waals surface area contributed by atoms with Crippen LogP contribution < -0.4 is 0 Å². The minimum absolute atomic E-state index is 0.152. The lowest BCUT2D eigenvalue weighted by Crippen LogP contribution is -2.26. The second-order valence-electron chi connectivity index (χ2n) is 4.24. The predicted octanol–water partition coefficient (Wildman–Crippen LogP) is 2.30. The summed E-state index contributed by atoms with van der Waals surface area (Å²) in [6.07, 6.45) is 9.48. The summed E-state index contributed by atoms with van der Waals surface area (Å²) in [5.41, 5.74) is 0.214. The topological polar surface area (TPSA) is 26.3 Å². The maximum absolute atomic E-state index is 10.7. The molecule has 0 aromatic heterocycles. The van der Waals surface area contributed by atoms with E-state index in [-0.39, 0.29) is 11.4 Å². The van der Waals surface area contributed by atoms with Gasteiger partial charge in [0.2, 0.25) is 0 Å². The normalized spacial score (nSPS) is 36.2. The fourth-order valence-electron chi connectivity index (χ4n) is 2.68. The van der Waals surface area contributed by atoms with Gasteiger partial charge in [0.1, 0.15) is 6.61 Å². The predicted molar refractivity (Wildman–Crippen MR) is 50.2 cm³/mol. The van der Waals surface area contributed by atoms with Crippen molar-refractivity contribution in [3.63, 3.8) is 0 Å². The van der Waals surface area contributed by atoms with Crippen molar-refractivity contribution in [1.29, 1.82) is 0 Å². The molecule has 2 unspecified atom stereocenters. The minimum atomic E-state index is -0.152. The van der Waals surface area contributed by atoms with Crippen LogP contribution in [0.5, 0.6) is 0 Å². The van der Waals surface area contributed by atoms with Crippen LogP contribution in [0.3, 0.4) is 0 Å². The molecule has 1 saturated carbocycles. The first-order chi connectivity index (χ1) is 6.23. The number of hydrogen-bond acceptors (Lipinski definition) is 2. The fourth-order valence-corrected chi connectivity index (χ4v) is 2.68. The lowest BCUT2D eigenvalue weighted by molar-refractivity contribution is -0.144. The molecule has 0 aromatic carbocycles. The highest BCUT2D eigenvalue weighted by Crippen LogP contribution is 2.50. The highest BCUT2D eigenvalue weighted by molar-refractivity contribution is 5.66. The highest BCUT2D eigenvalue weighted by atomic mass is 16.5. The molecule has 72 valence electrons. The molecule has 1 fully saturated rings. The number of carbonyl (C=O) groups is 1. The van der Waals surface area contributed by atoms with E-state index in [4.69, 9.17) is 4.74 Å². The summed E-state index contributed by atoms with van der Waals surface area (Å²) in [5, 5.41) is 0. The Kier molecular flexibility index (Phi) is 2.14. The molecule has 2 aliphatic rings. The van der Waals surface area contributed by atoms with E-state index < -0.39 is 0 Å². The van der Waals surface area contributed by atoms with Crippen molar-refractivity contribution in [3.05, 3.63) is 12.2 Å². The highest BCUT2D eigenvalue weighted by Gasteiger charge is 2.43. The molecule has 0 saturated heterocycles. The number of allylic oxidation sites excluding steroid dienone is 1. The average Bonchev–Trinajstić information content (AvgIpc) is 2.57. The maximum Gasteiger partial charge on any atom is 0.302 e. The Morgan fingerprint density at radius 3 is 3.31 bits per heavy atom. The minimum Gasteiger partial charge on any atom is -0.465 e. The van der Waals surface area contributed by atoms with Crippen LogP contribution in [0.1, 0.15) is 32.6 Å². The Balaban J connectivity index is 2.01. The molecule has 2 nitrogen and oxygen atoms in total. The van der Waals surface area contributed by atoms with Gasteiger partial charge in [0.15, 0.2) is 0 Å². The van der Waals surface area contributed by atoms with Crippen LogP contribution in [-0.2, 0) is 9.53 Å². The molecule has 0 heterocycles. The molecule has 0 aromatic rings. The molecule has 0 N–H and O–H groups in total.